The SMILES string of the molecule is C=CC(=O)N1CCN(c2nc(OCC3CCCN3C)nc3c(F)c(-c4ccc(F)c5sc(N)nc45)c(-c4ccoc4)cc23)CC1. The van der Waals surface area contributed by atoms with Crippen molar-refractivity contribution in [3.63, 3.8) is 0 Å². The molecule has 1 atom stereocenters. The molecule has 13 heteroatoms. The molecule has 0 saturated carbocycles. The summed E-state index contributed by atoms with van der Waals surface area (Å²) in [6.45, 7) is 6.79. The van der Waals surface area contributed by atoms with Crippen LogP contribution in [0.15, 0.2) is 53.9 Å². The Hall–Kier alpha value is -4.62. The van der Waals surface area contributed by atoms with Crippen molar-refractivity contribution in [1.29, 1.82) is 0 Å². The number of nitrogens with two attached hydrogens (primary N) is 1. The van der Waals surface area contributed by atoms with Crippen molar-refractivity contribution < 1.29 is 22.7 Å². The van der Waals surface area contributed by atoms with Crippen LogP contribution in [0.4, 0.5) is 19.7 Å². The van der Waals surface area contributed by atoms with Crippen LogP contribution >= 0.6 is 11.3 Å². The molecule has 2 aliphatic rings. The minimum Gasteiger partial charge on any atom is -0.472 e. The lowest BCUT2D eigenvalue weighted by Crippen LogP contribution is -2.48. The van der Waals surface area contributed by atoms with Gasteiger partial charge in [-0.3, -0.25) is 4.79 Å². The summed E-state index contributed by atoms with van der Waals surface area (Å²) in [7, 11) is 2.05. The van der Waals surface area contributed by atoms with E-state index in [-0.39, 0.29) is 44.4 Å². The first-order valence-corrected chi connectivity index (χ1v) is 15.5. The second-order valence-electron chi connectivity index (χ2n) is 11.3. The number of piperazine rings is 1. The highest BCUT2D eigenvalue weighted by Gasteiger charge is 2.29. The van der Waals surface area contributed by atoms with E-state index in [1.807, 2.05) is 11.0 Å². The number of fused-ring (bicyclic) bond motifs is 2. The van der Waals surface area contributed by atoms with Crippen molar-refractivity contribution in [2.45, 2.75) is 18.9 Å². The third-order valence-electron chi connectivity index (χ3n) is 8.65. The van der Waals surface area contributed by atoms with E-state index in [0.29, 0.717) is 60.7 Å². The number of hydrogen-bond acceptors (Lipinski definition) is 10. The van der Waals surface area contributed by atoms with E-state index in [9.17, 15) is 9.18 Å². The van der Waals surface area contributed by atoms with E-state index in [0.717, 1.165) is 30.7 Å². The molecule has 0 radical (unpaired) electrons. The number of thiazole rings is 1. The predicted molar refractivity (Wildman–Crippen MR) is 170 cm³/mol. The molecule has 5 heterocycles. The zero-order chi connectivity index (χ0) is 31.2. The molecule has 232 valence electrons. The zero-order valence-corrected chi connectivity index (χ0v) is 25.4. The van der Waals surface area contributed by atoms with Crippen molar-refractivity contribution in [3.8, 4) is 28.3 Å². The molecular weight excluding hydrogens is 600 g/mol. The lowest BCUT2D eigenvalue weighted by Gasteiger charge is -2.35. The summed E-state index contributed by atoms with van der Waals surface area (Å²) >= 11 is 1.01. The van der Waals surface area contributed by atoms with Gasteiger partial charge >= 0.3 is 6.01 Å². The molecule has 45 heavy (non-hydrogen) atoms. The molecule has 1 unspecified atom stereocenters. The number of nitrogen functional groups attached to an aromatic ring is 1. The Balaban J connectivity index is 1.42. The molecule has 2 saturated heterocycles. The highest BCUT2D eigenvalue weighted by Crippen LogP contribution is 2.44. The maximum atomic E-state index is 17.2. The topological polar surface area (TPSA) is 114 Å². The summed E-state index contributed by atoms with van der Waals surface area (Å²) in [5.74, 6) is -0.758. The number of benzene rings is 2. The number of hydrogen-bond donors (Lipinski definition) is 1. The molecule has 5 aromatic rings. The van der Waals surface area contributed by atoms with Crippen LogP contribution in [0.2, 0.25) is 0 Å². The number of likely N-dealkylation sites (tertiary alicyclic amines) is 1. The molecule has 1 amide bonds. The summed E-state index contributed by atoms with van der Waals surface area (Å²) in [5, 5.41) is 0.645. The molecular formula is C32H31F2N7O3S. The van der Waals surface area contributed by atoms with Crippen LogP contribution in [0.5, 0.6) is 6.01 Å². The van der Waals surface area contributed by atoms with E-state index < -0.39 is 11.6 Å². The summed E-state index contributed by atoms with van der Waals surface area (Å²) in [4.78, 5) is 32.0. The molecule has 2 N–H and O–H groups in total. The van der Waals surface area contributed by atoms with Gasteiger partial charge in [-0.1, -0.05) is 17.9 Å². The van der Waals surface area contributed by atoms with Gasteiger partial charge in [0.25, 0.3) is 0 Å². The highest BCUT2D eigenvalue weighted by atomic mass is 32.1. The second-order valence-corrected chi connectivity index (χ2v) is 12.3. The van der Waals surface area contributed by atoms with Gasteiger partial charge in [0.2, 0.25) is 5.91 Å². The van der Waals surface area contributed by atoms with Crippen molar-refractivity contribution in [1.82, 2.24) is 24.8 Å². The Bertz CT molecular complexity index is 1920. The van der Waals surface area contributed by atoms with Crippen LogP contribution in [0.1, 0.15) is 12.8 Å². The van der Waals surface area contributed by atoms with Crippen LogP contribution in [0.25, 0.3) is 43.4 Å². The summed E-state index contributed by atoms with van der Waals surface area (Å²) < 4.78 is 43.8. The zero-order valence-electron chi connectivity index (χ0n) is 24.6. The monoisotopic (exact) mass is 631 g/mol. The van der Waals surface area contributed by atoms with Gasteiger partial charge in [0.1, 0.15) is 23.8 Å². The van der Waals surface area contributed by atoms with Crippen molar-refractivity contribution in [2.24, 2.45) is 0 Å². The minimum absolute atomic E-state index is 0.0577. The van der Waals surface area contributed by atoms with Gasteiger partial charge in [-0.15, -0.1) is 0 Å². The Morgan fingerprint density at radius 3 is 2.67 bits per heavy atom. The maximum Gasteiger partial charge on any atom is 0.319 e. The number of carbonyl (C=O) groups excluding carboxylic acids is 1. The fourth-order valence-electron chi connectivity index (χ4n) is 6.23. The number of amides is 1. The van der Waals surface area contributed by atoms with Gasteiger partial charge in [-0.2, -0.15) is 9.97 Å². The number of ether oxygens (including phenoxy) is 1. The normalized spacial score (nSPS) is 17.4. The van der Waals surface area contributed by atoms with E-state index in [2.05, 4.69) is 28.5 Å². The number of nitrogens with zero attached hydrogens (tertiary/aromatic N) is 6. The average Bonchev–Trinajstić information content (AvgIpc) is 3.82. The van der Waals surface area contributed by atoms with E-state index in [1.165, 1.54) is 30.7 Å². The van der Waals surface area contributed by atoms with Gasteiger partial charge in [0, 0.05) is 54.3 Å². The quantitative estimate of drug-likeness (QED) is 0.238. The van der Waals surface area contributed by atoms with Crippen LogP contribution in [0.3, 0.4) is 0 Å². The molecule has 2 fully saturated rings. The molecule has 0 spiro atoms. The van der Waals surface area contributed by atoms with Gasteiger partial charge in [0.15, 0.2) is 10.9 Å². The molecule has 2 aromatic carbocycles. The number of anilines is 2. The Morgan fingerprint density at radius 2 is 1.96 bits per heavy atom. The third-order valence-corrected chi connectivity index (χ3v) is 9.54. The molecule has 3 aromatic heterocycles. The highest BCUT2D eigenvalue weighted by molar-refractivity contribution is 7.22. The van der Waals surface area contributed by atoms with E-state index in [4.69, 9.17) is 19.9 Å². The van der Waals surface area contributed by atoms with E-state index >= 15 is 4.39 Å². The van der Waals surface area contributed by atoms with E-state index in [1.54, 1.807) is 11.0 Å². The molecule has 10 nitrogen and oxygen atoms in total. The average molecular weight is 632 g/mol. The Morgan fingerprint density at radius 1 is 1.13 bits per heavy atom. The van der Waals surface area contributed by atoms with Gasteiger partial charge in [-0.05, 0) is 62.3 Å². The van der Waals surface area contributed by atoms with Crippen LogP contribution < -0.4 is 15.4 Å². The molecule has 2 aliphatic heterocycles. The fourth-order valence-corrected chi connectivity index (χ4v) is 6.99. The number of furan rings is 1. The lowest BCUT2D eigenvalue weighted by molar-refractivity contribution is -0.126. The first kappa shape index (κ1) is 29.1. The number of carbonyl (C=O) groups is 1. The number of aromatic nitrogens is 3. The minimum atomic E-state index is -0.630. The standard InChI is InChI=1S/C32H31F2N7O3S/c1-3-24(42)40-10-12-41(13-11-40)30-22-15-21(18-8-14-43-16-18)25(20-6-7-23(33)29-28(20)36-31(35)45-29)26(34)27(22)37-32(38-30)44-17-19-5-4-9-39(19)2/h3,6-8,14-16,19H,1,4-5,9-13,17H2,2H3,(H2,35,36). The smallest absolute Gasteiger partial charge is 0.319 e. The number of halogens is 2. The summed E-state index contributed by atoms with van der Waals surface area (Å²) in [5.41, 5.74) is 7.98. The number of likely N-dealkylation sites (N-methyl/N-ethyl adjacent to an activating group) is 1. The second kappa shape index (κ2) is 11.7. The van der Waals surface area contributed by atoms with Gasteiger partial charge in [-0.25, -0.2) is 13.8 Å². The van der Waals surface area contributed by atoms with Crippen LogP contribution in [-0.2, 0) is 4.79 Å². The van der Waals surface area contributed by atoms with Crippen LogP contribution in [0, 0.1) is 11.6 Å². The molecule has 0 bridgehead atoms. The fraction of sp³-hybridized carbons (Fsp3) is 0.312. The van der Waals surface area contributed by atoms with Crippen molar-refractivity contribution in [2.75, 3.05) is 57.0 Å². The third kappa shape index (κ3) is 5.25. The van der Waals surface area contributed by atoms with Crippen molar-refractivity contribution >= 4 is 49.3 Å². The lowest BCUT2D eigenvalue weighted by atomic mass is 9.92. The first-order chi connectivity index (χ1) is 21.8. The molecule has 7 rings (SSSR count). The Kier molecular flexibility index (Phi) is 7.58. The predicted octanol–water partition coefficient (Wildman–Crippen LogP) is 5.33. The first-order valence-electron chi connectivity index (χ1n) is 14.7. The Labute approximate surface area is 261 Å². The van der Waals surface area contributed by atoms with Gasteiger partial charge in [0.05, 0.1) is 22.7 Å². The van der Waals surface area contributed by atoms with Gasteiger partial charge < -0.3 is 29.6 Å². The van der Waals surface area contributed by atoms with Crippen molar-refractivity contribution in [3.05, 3.63) is 61.1 Å². The summed E-state index contributed by atoms with van der Waals surface area (Å²) in [6, 6.07) is 6.62. The summed E-state index contributed by atoms with van der Waals surface area (Å²) in [6.07, 6.45) is 6.39. The molecule has 0 aliphatic carbocycles. The maximum absolute atomic E-state index is 17.2. The number of rotatable bonds is 7. The largest absolute Gasteiger partial charge is 0.472 e. The van der Waals surface area contributed by atoms with Crippen LogP contribution in [-0.4, -0.2) is 83.1 Å².